The average Bonchev–Trinajstić information content (AvgIpc) is 2.13. The van der Waals surface area contributed by atoms with Gasteiger partial charge in [-0.05, 0) is 25.3 Å². The summed E-state index contributed by atoms with van der Waals surface area (Å²) >= 11 is 0. The van der Waals surface area contributed by atoms with Crippen LogP contribution in [-0.2, 0) is 0 Å². The SMILES string of the molecule is C=C(CO)C(O)CC/C(C)=C\CO. The number of hydrogen-bond acceptors (Lipinski definition) is 3. The van der Waals surface area contributed by atoms with Crippen molar-refractivity contribution in [2.24, 2.45) is 0 Å². The summed E-state index contributed by atoms with van der Waals surface area (Å²) in [4.78, 5) is 0. The molecule has 0 rings (SSSR count). The Hall–Kier alpha value is -0.640. The van der Waals surface area contributed by atoms with Crippen LogP contribution in [0.1, 0.15) is 19.8 Å². The normalized spacial score (nSPS) is 14.3. The second kappa shape index (κ2) is 6.83. The number of aliphatic hydroxyl groups is 3. The molecule has 0 bridgehead atoms. The van der Waals surface area contributed by atoms with Crippen LogP contribution in [0, 0.1) is 0 Å². The quantitative estimate of drug-likeness (QED) is 0.533. The molecule has 0 amide bonds. The highest BCUT2D eigenvalue weighted by Gasteiger charge is 2.06. The lowest BCUT2D eigenvalue weighted by Gasteiger charge is -2.11. The molecule has 0 aliphatic rings. The zero-order valence-electron chi connectivity index (χ0n) is 8.03. The van der Waals surface area contributed by atoms with Crippen LogP contribution in [0.4, 0.5) is 0 Å². The zero-order valence-corrected chi connectivity index (χ0v) is 8.03. The van der Waals surface area contributed by atoms with Crippen molar-refractivity contribution >= 4 is 0 Å². The van der Waals surface area contributed by atoms with Crippen molar-refractivity contribution in [3.8, 4) is 0 Å². The van der Waals surface area contributed by atoms with E-state index in [4.69, 9.17) is 10.2 Å². The summed E-state index contributed by atoms with van der Waals surface area (Å²) in [5.74, 6) is 0. The summed E-state index contributed by atoms with van der Waals surface area (Å²) in [7, 11) is 0. The molecule has 0 aromatic heterocycles. The van der Waals surface area contributed by atoms with Gasteiger partial charge in [0.05, 0.1) is 19.3 Å². The Morgan fingerprint density at radius 3 is 2.54 bits per heavy atom. The van der Waals surface area contributed by atoms with Crippen LogP contribution in [0.25, 0.3) is 0 Å². The van der Waals surface area contributed by atoms with Gasteiger partial charge in [0.1, 0.15) is 0 Å². The molecular weight excluding hydrogens is 168 g/mol. The van der Waals surface area contributed by atoms with Gasteiger partial charge in [-0.1, -0.05) is 18.2 Å². The molecule has 3 N–H and O–H groups in total. The minimum atomic E-state index is -0.646. The second-order valence-corrected chi connectivity index (χ2v) is 3.10. The molecule has 3 heteroatoms. The Kier molecular flexibility index (Phi) is 6.49. The number of hydrogen-bond donors (Lipinski definition) is 3. The topological polar surface area (TPSA) is 60.7 Å². The molecule has 0 saturated heterocycles. The Morgan fingerprint density at radius 2 is 2.08 bits per heavy atom. The summed E-state index contributed by atoms with van der Waals surface area (Å²) in [6, 6.07) is 0. The predicted molar refractivity (Wildman–Crippen MR) is 52.3 cm³/mol. The van der Waals surface area contributed by atoms with Gasteiger partial charge in [-0.3, -0.25) is 0 Å². The molecule has 0 saturated carbocycles. The van der Waals surface area contributed by atoms with Gasteiger partial charge in [-0.15, -0.1) is 0 Å². The highest BCUT2D eigenvalue weighted by Crippen LogP contribution is 2.11. The van der Waals surface area contributed by atoms with Gasteiger partial charge in [0.25, 0.3) is 0 Å². The van der Waals surface area contributed by atoms with Crippen molar-refractivity contribution in [3.05, 3.63) is 23.8 Å². The molecule has 3 nitrogen and oxygen atoms in total. The predicted octanol–water partition coefficient (Wildman–Crippen LogP) is 0.615. The fourth-order valence-electron chi connectivity index (χ4n) is 0.932. The van der Waals surface area contributed by atoms with Crippen molar-refractivity contribution in [1.29, 1.82) is 0 Å². The van der Waals surface area contributed by atoms with E-state index >= 15 is 0 Å². The third kappa shape index (κ3) is 5.58. The summed E-state index contributed by atoms with van der Waals surface area (Å²) in [6.07, 6.45) is 2.31. The molecule has 0 fully saturated rings. The third-order valence-corrected chi connectivity index (χ3v) is 1.93. The van der Waals surface area contributed by atoms with Crippen LogP contribution >= 0.6 is 0 Å². The van der Waals surface area contributed by atoms with E-state index in [-0.39, 0.29) is 13.2 Å². The molecule has 0 spiro atoms. The lowest BCUT2D eigenvalue weighted by atomic mass is 10.0. The molecule has 0 aliphatic carbocycles. The van der Waals surface area contributed by atoms with E-state index in [0.717, 1.165) is 5.57 Å². The smallest absolute Gasteiger partial charge is 0.0772 e. The van der Waals surface area contributed by atoms with Gasteiger partial charge in [-0.2, -0.15) is 0 Å². The lowest BCUT2D eigenvalue weighted by molar-refractivity contribution is 0.179. The van der Waals surface area contributed by atoms with Crippen molar-refractivity contribution in [2.75, 3.05) is 13.2 Å². The Labute approximate surface area is 79.0 Å². The van der Waals surface area contributed by atoms with Gasteiger partial charge in [-0.25, -0.2) is 0 Å². The molecule has 1 atom stereocenters. The highest BCUT2D eigenvalue weighted by atomic mass is 16.3. The summed E-state index contributed by atoms with van der Waals surface area (Å²) in [5.41, 5.74) is 1.48. The van der Waals surface area contributed by atoms with Gasteiger partial charge in [0.2, 0.25) is 0 Å². The molecule has 1 unspecified atom stereocenters. The molecule has 0 aliphatic heterocycles. The Morgan fingerprint density at radius 1 is 1.46 bits per heavy atom. The van der Waals surface area contributed by atoms with E-state index in [1.54, 1.807) is 6.08 Å². The van der Waals surface area contributed by atoms with Crippen LogP contribution in [0.3, 0.4) is 0 Å². The molecule has 0 aromatic rings. The molecule has 0 heterocycles. The largest absolute Gasteiger partial charge is 0.392 e. The van der Waals surface area contributed by atoms with E-state index in [1.165, 1.54) is 0 Å². The van der Waals surface area contributed by atoms with Crippen LogP contribution in [0.2, 0.25) is 0 Å². The molecule has 13 heavy (non-hydrogen) atoms. The van der Waals surface area contributed by atoms with Crippen LogP contribution in [-0.4, -0.2) is 34.6 Å². The first-order valence-electron chi connectivity index (χ1n) is 4.35. The fraction of sp³-hybridized carbons (Fsp3) is 0.600. The zero-order chi connectivity index (χ0) is 10.3. The summed E-state index contributed by atoms with van der Waals surface area (Å²) in [6.45, 7) is 5.28. The Balaban J connectivity index is 3.75. The molecule has 76 valence electrons. The fourth-order valence-corrected chi connectivity index (χ4v) is 0.932. The summed E-state index contributed by atoms with van der Waals surface area (Å²) in [5, 5.41) is 26.6. The first-order valence-corrected chi connectivity index (χ1v) is 4.35. The van der Waals surface area contributed by atoms with E-state index < -0.39 is 6.10 Å². The standard InChI is InChI=1S/C10H18O3/c1-8(5-6-11)3-4-10(13)9(2)7-12/h5,10-13H,2-4,6-7H2,1H3/b8-5-. The Bertz CT molecular complexity index is 185. The number of allylic oxidation sites excluding steroid dienone is 1. The van der Waals surface area contributed by atoms with Gasteiger partial charge in [0.15, 0.2) is 0 Å². The lowest BCUT2D eigenvalue weighted by Crippen LogP contribution is -2.12. The number of rotatable bonds is 6. The monoisotopic (exact) mass is 186 g/mol. The van der Waals surface area contributed by atoms with Gasteiger partial charge < -0.3 is 15.3 Å². The van der Waals surface area contributed by atoms with Crippen molar-refractivity contribution < 1.29 is 15.3 Å². The first kappa shape index (κ1) is 12.4. The minimum Gasteiger partial charge on any atom is -0.392 e. The summed E-state index contributed by atoms with van der Waals surface area (Å²) < 4.78 is 0. The van der Waals surface area contributed by atoms with E-state index in [1.807, 2.05) is 6.92 Å². The van der Waals surface area contributed by atoms with Crippen molar-refractivity contribution in [2.45, 2.75) is 25.9 Å². The van der Waals surface area contributed by atoms with Crippen LogP contribution in [0.15, 0.2) is 23.8 Å². The van der Waals surface area contributed by atoms with E-state index in [0.29, 0.717) is 18.4 Å². The average molecular weight is 186 g/mol. The highest BCUT2D eigenvalue weighted by molar-refractivity contribution is 5.04. The van der Waals surface area contributed by atoms with Crippen molar-refractivity contribution in [1.82, 2.24) is 0 Å². The maximum Gasteiger partial charge on any atom is 0.0772 e. The van der Waals surface area contributed by atoms with E-state index in [9.17, 15) is 5.11 Å². The maximum atomic E-state index is 9.39. The number of aliphatic hydroxyl groups excluding tert-OH is 3. The van der Waals surface area contributed by atoms with Crippen molar-refractivity contribution in [3.63, 3.8) is 0 Å². The van der Waals surface area contributed by atoms with Crippen LogP contribution in [0.5, 0.6) is 0 Å². The second-order valence-electron chi connectivity index (χ2n) is 3.10. The van der Waals surface area contributed by atoms with Gasteiger partial charge >= 0.3 is 0 Å². The maximum absolute atomic E-state index is 9.39. The molecule has 0 aromatic carbocycles. The third-order valence-electron chi connectivity index (χ3n) is 1.93. The van der Waals surface area contributed by atoms with Crippen LogP contribution < -0.4 is 0 Å². The van der Waals surface area contributed by atoms with Gasteiger partial charge in [0, 0.05) is 0 Å². The molecular formula is C10H18O3. The minimum absolute atomic E-state index is 0.0306. The first-order chi connectivity index (χ1) is 6.11. The van der Waals surface area contributed by atoms with E-state index in [2.05, 4.69) is 6.58 Å². The molecule has 0 radical (unpaired) electrons.